The Morgan fingerprint density at radius 3 is 1.88 bits per heavy atom. The van der Waals surface area contributed by atoms with Crippen molar-refractivity contribution in [3.05, 3.63) is 96.1 Å². The lowest BCUT2D eigenvalue weighted by Crippen LogP contribution is -2.14. The van der Waals surface area contributed by atoms with Crippen LogP contribution in [0.5, 0.6) is 0 Å². The molecule has 0 radical (unpaired) electrons. The van der Waals surface area contributed by atoms with E-state index in [-0.39, 0.29) is 16.7 Å². The van der Waals surface area contributed by atoms with E-state index in [2.05, 4.69) is 0 Å². The first-order valence-electron chi connectivity index (χ1n) is 10.7. The molecule has 1 saturated heterocycles. The number of carboxylic acid groups (broad SMARTS) is 1. The fourth-order valence-corrected chi connectivity index (χ4v) is 4.84. The van der Waals surface area contributed by atoms with Crippen molar-refractivity contribution in [2.45, 2.75) is 23.5 Å². The first kappa shape index (κ1) is 22.8. The molecule has 1 heterocycles. The molecular weight excluding hydrogens is 436 g/mol. The van der Waals surface area contributed by atoms with Gasteiger partial charge >= 0.3 is 11.9 Å². The highest BCUT2D eigenvalue weighted by Crippen LogP contribution is 2.32. The molecule has 6 heteroatoms. The third-order valence-electron chi connectivity index (χ3n) is 5.47. The van der Waals surface area contributed by atoms with E-state index in [4.69, 9.17) is 9.84 Å². The van der Waals surface area contributed by atoms with Gasteiger partial charge in [0, 0.05) is 5.25 Å². The molecule has 33 heavy (non-hydrogen) atoms. The number of esters is 1. The number of ether oxygens (including phenoxy) is 1. The fraction of sp³-hybridized carbons (Fsp3) is 0.185. The Bertz CT molecular complexity index is 1290. The van der Waals surface area contributed by atoms with Gasteiger partial charge in [-0.2, -0.15) is 0 Å². The predicted octanol–water partition coefficient (Wildman–Crippen LogP) is 5.75. The summed E-state index contributed by atoms with van der Waals surface area (Å²) in [6, 6.07) is 26.3. The molecule has 0 aliphatic carbocycles. The maximum absolute atomic E-state index is 12.0. The number of hydrogen-bond acceptors (Lipinski definition) is 5. The molecule has 0 bridgehead atoms. The maximum Gasteiger partial charge on any atom is 0.338 e. The average Bonchev–Trinajstić information content (AvgIpc) is 3.27. The van der Waals surface area contributed by atoms with Gasteiger partial charge in [0.05, 0.1) is 16.6 Å². The van der Waals surface area contributed by atoms with Crippen LogP contribution in [0.25, 0.3) is 21.5 Å². The number of rotatable bonds is 4. The summed E-state index contributed by atoms with van der Waals surface area (Å²) in [4.78, 5) is 22.7. The number of benzene rings is 4. The van der Waals surface area contributed by atoms with E-state index in [1.165, 1.54) is 11.8 Å². The van der Waals surface area contributed by atoms with Gasteiger partial charge in [-0.1, -0.05) is 60.7 Å². The van der Waals surface area contributed by atoms with Crippen LogP contribution in [0.1, 0.15) is 33.6 Å². The molecule has 4 aromatic carbocycles. The van der Waals surface area contributed by atoms with Gasteiger partial charge in [-0.25, -0.2) is 9.59 Å². The van der Waals surface area contributed by atoms with E-state index in [0.29, 0.717) is 17.7 Å². The predicted molar refractivity (Wildman–Crippen MR) is 132 cm³/mol. The van der Waals surface area contributed by atoms with E-state index < -0.39 is 5.97 Å². The summed E-state index contributed by atoms with van der Waals surface area (Å²) in [6.45, 7) is 0.368. The molecule has 0 amide bonds. The summed E-state index contributed by atoms with van der Waals surface area (Å²) >= 11 is 1.48. The second-order valence-electron chi connectivity index (χ2n) is 7.82. The number of aliphatic hydroxyl groups is 1. The van der Waals surface area contributed by atoms with Crippen molar-refractivity contribution in [1.29, 1.82) is 0 Å². The highest BCUT2D eigenvalue weighted by molar-refractivity contribution is 8.00. The number of carboxylic acids is 1. The van der Waals surface area contributed by atoms with Crippen LogP contribution in [-0.4, -0.2) is 39.4 Å². The molecule has 2 atom stereocenters. The summed E-state index contributed by atoms with van der Waals surface area (Å²) in [5.74, 6) is -1.18. The number of thioether (sulfide) groups is 1. The Labute approximate surface area is 196 Å². The number of hydrogen-bond donors (Lipinski definition) is 2. The molecule has 5 rings (SSSR count). The molecule has 1 aliphatic heterocycles. The van der Waals surface area contributed by atoms with Gasteiger partial charge in [-0.3, -0.25) is 0 Å². The van der Waals surface area contributed by atoms with Crippen LogP contribution in [0, 0.1) is 0 Å². The van der Waals surface area contributed by atoms with Crippen LogP contribution >= 0.6 is 11.8 Å². The molecule has 0 spiro atoms. The summed E-state index contributed by atoms with van der Waals surface area (Å²) < 4.78 is 5.34. The molecule has 4 aromatic rings. The zero-order chi connectivity index (χ0) is 23.2. The minimum absolute atomic E-state index is 0.217. The highest BCUT2D eigenvalue weighted by Gasteiger charge is 2.24. The van der Waals surface area contributed by atoms with Crippen molar-refractivity contribution in [3.8, 4) is 0 Å². The minimum Gasteiger partial charge on any atom is -0.478 e. The lowest BCUT2D eigenvalue weighted by atomic mass is 10.1. The quantitative estimate of drug-likeness (QED) is 0.377. The van der Waals surface area contributed by atoms with Crippen molar-refractivity contribution in [2.75, 3.05) is 6.61 Å². The molecule has 1 aliphatic rings. The van der Waals surface area contributed by atoms with E-state index in [1.54, 1.807) is 18.2 Å². The molecular formula is C27H24O5S. The first-order valence-corrected chi connectivity index (χ1v) is 11.7. The normalized spacial score (nSPS) is 17.4. The minimum atomic E-state index is -0.884. The van der Waals surface area contributed by atoms with Gasteiger partial charge in [0.1, 0.15) is 6.61 Å². The van der Waals surface area contributed by atoms with Crippen LogP contribution in [0.2, 0.25) is 0 Å². The number of aromatic carboxylic acids is 1. The van der Waals surface area contributed by atoms with Crippen molar-refractivity contribution < 1.29 is 24.5 Å². The first-order chi connectivity index (χ1) is 16.0. The lowest BCUT2D eigenvalue weighted by Gasteiger charge is -2.10. The number of carbonyl (C=O) groups is 2. The number of carbonyl (C=O) groups excluding carboxylic acids is 1. The van der Waals surface area contributed by atoms with Gasteiger partial charge < -0.3 is 14.9 Å². The van der Waals surface area contributed by atoms with Crippen molar-refractivity contribution >= 4 is 45.2 Å². The third kappa shape index (κ3) is 5.92. The zero-order valence-electron chi connectivity index (χ0n) is 17.9. The van der Waals surface area contributed by atoms with Gasteiger partial charge in [-0.05, 0) is 58.7 Å². The largest absolute Gasteiger partial charge is 0.478 e. The second kappa shape index (κ2) is 10.5. The van der Waals surface area contributed by atoms with Crippen molar-refractivity contribution in [1.82, 2.24) is 0 Å². The van der Waals surface area contributed by atoms with Crippen LogP contribution in [0.3, 0.4) is 0 Å². The molecule has 1 unspecified atom stereocenters. The van der Waals surface area contributed by atoms with Crippen LogP contribution < -0.4 is 0 Å². The van der Waals surface area contributed by atoms with Gasteiger partial charge in [0.25, 0.3) is 0 Å². The Morgan fingerprint density at radius 2 is 1.33 bits per heavy atom. The number of fused-ring (bicyclic) bond motifs is 2. The average molecular weight is 461 g/mol. The molecule has 0 saturated carbocycles. The molecule has 0 aromatic heterocycles. The molecule has 1 fully saturated rings. The SMILES string of the molecule is O=C(O)c1ccc2ccccc2c1.O=C(OC[C@H]1CCC(O)S1)c1ccc2ccccc2c1. The second-order valence-corrected chi connectivity index (χ2v) is 9.30. The molecule has 5 nitrogen and oxygen atoms in total. The Kier molecular flexibility index (Phi) is 7.27. The Balaban J connectivity index is 0.000000172. The summed E-state index contributed by atoms with van der Waals surface area (Å²) in [5.41, 5.74) is 0.602. The smallest absolute Gasteiger partial charge is 0.338 e. The summed E-state index contributed by atoms with van der Waals surface area (Å²) in [7, 11) is 0. The molecule has 2 N–H and O–H groups in total. The lowest BCUT2D eigenvalue weighted by molar-refractivity contribution is 0.0505. The van der Waals surface area contributed by atoms with Crippen LogP contribution in [0.4, 0.5) is 0 Å². The van der Waals surface area contributed by atoms with Crippen LogP contribution in [-0.2, 0) is 4.74 Å². The van der Waals surface area contributed by atoms with E-state index in [9.17, 15) is 14.7 Å². The van der Waals surface area contributed by atoms with Gasteiger partial charge in [0.15, 0.2) is 0 Å². The highest BCUT2D eigenvalue weighted by atomic mass is 32.2. The topological polar surface area (TPSA) is 83.8 Å². The van der Waals surface area contributed by atoms with Crippen molar-refractivity contribution in [2.24, 2.45) is 0 Å². The zero-order valence-corrected chi connectivity index (χ0v) is 18.7. The van der Waals surface area contributed by atoms with Gasteiger partial charge in [0.2, 0.25) is 0 Å². The number of aliphatic hydroxyl groups excluding tert-OH is 1. The summed E-state index contributed by atoms with van der Waals surface area (Å²) in [5, 5.41) is 22.6. The Morgan fingerprint density at radius 1 is 0.788 bits per heavy atom. The fourth-order valence-electron chi connectivity index (χ4n) is 3.70. The van der Waals surface area contributed by atoms with Gasteiger partial charge in [-0.15, -0.1) is 11.8 Å². The Hall–Kier alpha value is -3.35. The molecule has 168 valence electrons. The van der Waals surface area contributed by atoms with E-state index in [0.717, 1.165) is 34.4 Å². The summed E-state index contributed by atoms with van der Waals surface area (Å²) in [6.07, 6.45) is 1.68. The third-order valence-corrected chi connectivity index (χ3v) is 6.77. The van der Waals surface area contributed by atoms with Crippen LogP contribution in [0.15, 0.2) is 84.9 Å². The maximum atomic E-state index is 12.0. The standard InChI is InChI=1S/C16H16O3S.C11H8O2/c17-15-8-7-14(20-15)10-19-16(18)13-6-5-11-3-1-2-4-12(11)9-13;12-11(13)10-6-5-8-3-1-2-4-9(8)7-10/h1-6,9,14-15,17H,7-8,10H2;1-7H,(H,12,13)/t14-,15?;/m1./s1. The van der Waals surface area contributed by atoms with E-state index >= 15 is 0 Å². The van der Waals surface area contributed by atoms with E-state index in [1.807, 2.05) is 66.7 Å². The van der Waals surface area contributed by atoms with Crippen molar-refractivity contribution in [3.63, 3.8) is 0 Å². The monoisotopic (exact) mass is 460 g/mol.